The van der Waals surface area contributed by atoms with E-state index in [0.29, 0.717) is 12.8 Å². The highest BCUT2D eigenvalue weighted by Crippen LogP contribution is 2.21. The molecule has 17 heavy (non-hydrogen) atoms. The third-order valence-corrected chi connectivity index (χ3v) is 5.81. The van der Waals surface area contributed by atoms with E-state index in [9.17, 15) is 13.2 Å². The van der Waals surface area contributed by atoms with Crippen LogP contribution in [0.5, 0.6) is 0 Å². The van der Waals surface area contributed by atoms with Gasteiger partial charge in [0.05, 0.1) is 11.9 Å². The zero-order valence-electron chi connectivity index (χ0n) is 10.3. The van der Waals surface area contributed by atoms with Crippen LogP contribution in [0.2, 0.25) is 0 Å². The van der Waals surface area contributed by atoms with Gasteiger partial charge in [0.2, 0.25) is 0 Å². The Hall–Kier alpha value is -0.620. The van der Waals surface area contributed by atoms with Crippen molar-refractivity contribution in [2.45, 2.75) is 50.4 Å². The fraction of sp³-hybridized carbons (Fsp3) is 0.909. The average Bonchev–Trinajstić information content (AvgIpc) is 2.69. The third-order valence-electron chi connectivity index (χ3n) is 3.26. The molecule has 0 aliphatic carbocycles. The van der Waals surface area contributed by atoms with Gasteiger partial charge in [0.25, 0.3) is 0 Å². The standard InChI is InChI=1S/C11H20O5S/c1-11(2,10(12)13)17(14,15)8-4-6-9-5-3-7-16-9/h9H,3-8H2,1-2H3,(H,12,13). The van der Waals surface area contributed by atoms with E-state index < -0.39 is 20.6 Å². The number of aliphatic carboxylic acids is 1. The van der Waals surface area contributed by atoms with Gasteiger partial charge in [-0.2, -0.15) is 0 Å². The van der Waals surface area contributed by atoms with E-state index in [1.54, 1.807) is 0 Å². The first-order chi connectivity index (χ1) is 7.77. The van der Waals surface area contributed by atoms with Gasteiger partial charge in [-0.05, 0) is 39.5 Å². The fourth-order valence-corrected chi connectivity index (χ4v) is 3.08. The molecule has 1 atom stereocenters. The van der Waals surface area contributed by atoms with Crippen LogP contribution in [0.1, 0.15) is 39.5 Å². The first-order valence-electron chi connectivity index (χ1n) is 5.84. The number of rotatable bonds is 6. The molecule has 6 heteroatoms. The maximum Gasteiger partial charge on any atom is 0.324 e. The monoisotopic (exact) mass is 264 g/mol. The lowest BCUT2D eigenvalue weighted by molar-refractivity contribution is -0.139. The number of carbonyl (C=O) groups is 1. The molecular formula is C11H20O5S. The summed E-state index contributed by atoms with van der Waals surface area (Å²) in [6.07, 6.45) is 3.30. The third kappa shape index (κ3) is 3.42. The average molecular weight is 264 g/mol. The molecule has 0 aromatic carbocycles. The summed E-state index contributed by atoms with van der Waals surface area (Å²) >= 11 is 0. The van der Waals surface area contributed by atoms with Crippen LogP contribution in [0.15, 0.2) is 0 Å². The molecule has 0 spiro atoms. The van der Waals surface area contributed by atoms with Crippen molar-refractivity contribution in [3.05, 3.63) is 0 Å². The van der Waals surface area contributed by atoms with E-state index in [-0.39, 0.29) is 11.9 Å². The molecule has 0 bridgehead atoms. The summed E-state index contributed by atoms with van der Waals surface area (Å²) in [5.41, 5.74) is 0. The Balaban J connectivity index is 2.47. The second-order valence-corrected chi connectivity index (χ2v) is 7.57. The quantitative estimate of drug-likeness (QED) is 0.780. The Bertz CT molecular complexity index is 365. The van der Waals surface area contributed by atoms with E-state index in [2.05, 4.69) is 0 Å². The maximum atomic E-state index is 11.8. The van der Waals surface area contributed by atoms with E-state index in [1.165, 1.54) is 13.8 Å². The summed E-state index contributed by atoms with van der Waals surface area (Å²) in [6, 6.07) is 0. The van der Waals surface area contributed by atoms with Gasteiger partial charge >= 0.3 is 5.97 Å². The van der Waals surface area contributed by atoms with Crippen LogP contribution < -0.4 is 0 Å². The number of hydrogen-bond donors (Lipinski definition) is 1. The van der Waals surface area contributed by atoms with E-state index in [4.69, 9.17) is 9.84 Å². The molecule has 1 aliphatic rings. The van der Waals surface area contributed by atoms with Crippen LogP contribution >= 0.6 is 0 Å². The minimum atomic E-state index is -3.61. The van der Waals surface area contributed by atoms with Gasteiger partial charge in [0.15, 0.2) is 14.6 Å². The topological polar surface area (TPSA) is 80.7 Å². The second kappa shape index (κ2) is 5.35. The minimum absolute atomic E-state index is 0.0911. The molecule has 5 nitrogen and oxygen atoms in total. The smallest absolute Gasteiger partial charge is 0.324 e. The zero-order valence-corrected chi connectivity index (χ0v) is 11.1. The lowest BCUT2D eigenvalue weighted by Crippen LogP contribution is -2.42. The number of carboxylic acid groups (broad SMARTS) is 1. The Morgan fingerprint density at radius 2 is 2.12 bits per heavy atom. The summed E-state index contributed by atoms with van der Waals surface area (Å²) in [5, 5.41) is 8.88. The summed E-state index contributed by atoms with van der Waals surface area (Å²) in [6.45, 7) is 3.21. The van der Waals surface area contributed by atoms with Gasteiger partial charge in [0, 0.05) is 6.61 Å². The molecule has 1 rings (SSSR count). The van der Waals surface area contributed by atoms with Crippen molar-refractivity contribution in [1.29, 1.82) is 0 Å². The molecular weight excluding hydrogens is 244 g/mol. The first-order valence-corrected chi connectivity index (χ1v) is 7.50. The van der Waals surface area contributed by atoms with Crippen molar-refractivity contribution in [3.8, 4) is 0 Å². The summed E-state index contributed by atoms with van der Waals surface area (Å²) in [7, 11) is -3.61. The van der Waals surface area contributed by atoms with Gasteiger partial charge in [-0.3, -0.25) is 4.79 Å². The van der Waals surface area contributed by atoms with E-state index >= 15 is 0 Å². The molecule has 1 aliphatic heterocycles. The van der Waals surface area contributed by atoms with Crippen molar-refractivity contribution in [1.82, 2.24) is 0 Å². The Morgan fingerprint density at radius 1 is 1.47 bits per heavy atom. The van der Waals surface area contributed by atoms with E-state index in [1.807, 2.05) is 0 Å². The maximum absolute atomic E-state index is 11.8. The van der Waals surface area contributed by atoms with Crippen LogP contribution in [0.25, 0.3) is 0 Å². The molecule has 1 heterocycles. The normalized spacial score (nSPS) is 21.6. The molecule has 1 saturated heterocycles. The van der Waals surface area contributed by atoms with Crippen molar-refractivity contribution in [3.63, 3.8) is 0 Å². The van der Waals surface area contributed by atoms with Gasteiger partial charge in [0.1, 0.15) is 0 Å². The minimum Gasteiger partial charge on any atom is -0.480 e. The highest BCUT2D eigenvalue weighted by Gasteiger charge is 2.41. The van der Waals surface area contributed by atoms with Crippen LogP contribution in [0.3, 0.4) is 0 Å². The van der Waals surface area contributed by atoms with Crippen LogP contribution in [0, 0.1) is 0 Å². The molecule has 0 amide bonds. The largest absolute Gasteiger partial charge is 0.480 e. The summed E-state index contributed by atoms with van der Waals surface area (Å²) < 4.78 is 27.4. The van der Waals surface area contributed by atoms with Crippen molar-refractivity contribution < 1.29 is 23.1 Å². The van der Waals surface area contributed by atoms with Gasteiger partial charge in [-0.1, -0.05) is 0 Å². The molecule has 0 aromatic heterocycles. The summed E-state index contributed by atoms with van der Waals surface area (Å²) in [4.78, 5) is 10.9. The Morgan fingerprint density at radius 3 is 2.59 bits per heavy atom. The predicted octanol–water partition coefficient (Wildman–Crippen LogP) is 1.22. The van der Waals surface area contributed by atoms with Crippen LogP contribution in [-0.4, -0.2) is 42.7 Å². The predicted molar refractivity (Wildman–Crippen MR) is 63.7 cm³/mol. The van der Waals surface area contributed by atoms with Crippen molar-refractivity contribution in [2.75, 3.05) is 12.4 Å². The molecule has 1 unspecified atom stereocenters. The van der Waals surface area contributed by atoms with Gasteiger partial charge in [-0.25, -0.2) is 8.42 Å². The molecule has 1 N–H and O–H groups in total. The van der Waals surface area contributed by atoms with E-state index in [0.717, 1.165) is 19.4 Å². The van der Waals surface area contributed by atoms with Crippen molar-refractivity contribution >= 4 is 15.8 Å². The number of hydrogen-bond acceptors (Lipinski definition) is 4. The second-order valence-electron chi connectivity index (χ2n) is 4.91. The summed E-state index contributed by atoms with van der Waals surface area (Å²) in [5.74, 6) is -1.39. The molecule has 0 aromatic rings. The fourth-order valence-electron chi connectivity index (χ4n) is 1.76. The van der Waals surface area contributed by atoms with Crippen LogP contribution in [-0.2, 0) is 19.4 Å². The molecule has 0 saturated carbocycles. The highest BCUT2D eigenvalue weighted by molar-refractivity contribution is 7.93. The Kier molecular flexibility index (Phi) is 4.55. The highest BCUT2D eigenvalue weighted by atomic mass is 32.2. The molecule has 1 fully saturated rings. The van der Waals surface area contributed by atoms with Crippen LogP contribution in [0.4, 0.5) is 0 Å². The number of sulfone groups is 1. The Labute approximate surface area is 102 Å². The SMILES string of the molecule is CC(C)(C(=O)O)S(=O)(=O)CCCC1CCCO1. The number of ether oxygens (including phenoxy) is 1. The number of carboxylic acids is 1. The van der Waals surface area contributed by atoms with Gasteiger partial charge < -0.3 is 9.84 Å². The lowest BCUT2D eigenvalue weighted by Gasteiger charge is -2.20. The molecule has 100 valence electrons. The van der Waals surface area contributed by atoms with Gasteiger partial charge in [-0.15, -0.1) is 0 Å². The lowest BCUT2D eigenvalue weighted by atomic mass is 10.1. The molecule has 0 radical (unpaired) electrons. The van der Waals surface area contributed by atoms with Crippen molar-refractivity contribution in [2.24, 2.45) is 0 Å². The zero-order chi connectivity index (χ0) is 13.1. The first kappa shape index (κ1) is 14.4.